The van der Waals surface area contributed by atoms with Crippen LogP contribution in [0.25, 0.3) is 36.5 Å². The molecule has 1 aliphatic heterocycles. The van der Waals surface area contributed by atoms with Gasteiger partial charge in [0.2, 0.25) is 5.52 Å². The van der Waals surface area contributed by atoms with Crippen LogP contribution in [0, 0.1) is 0 Å². The van der Waals surface area contributed by atoms with E-state index in [1.165, 1.54) is 56.6 Å². The Morgan fingerprint density at radius 3 is 2.43 bits per heavy atom. The van der Waals surface area contributed by atoms with Crippen LogP contribution in [0.1, 0.15) is 18.4 Å². The topological polar surface area (TPSA) is 25.6 Å². The van der Waals surface area contributed by atoms with Gasteiger partial charge in [-0.15, -0.1) is 22.7 Å². The first kappa shape index (κ1) is 22.9. The molecule has 0 amide bonds. The number of aromatic nitrogens is 1. The van der Waals surface area contributed by atoms with E-state index in [-0.39, 0.29) is 0 Å². The van der Waals surface area contributed by atoms with Crippen LogP contribution in [-0.4, -0.2) is 21.3 Å². The minimum absolute atomic E-state index is 0.945. The maximum atomic E-state index is 5.68. The largest absolute Gasteiger partial charge is 0.496 e. The summed E-state index contributed by atoms with van der Waals surface area (Å²) in [6.07, 6.45) is 5.63. The monoisotopic (exact) mass is 537 g/mol. The fourth-order valence-corrected chi connectivity index (χ4v) is 9.10. The number of hydrogen-bond acceptors (Lipinski definition) is 7. The number of anilines is 1. The SMILES string of the molecule is CCC(/C=C1\Sc2cc(OC)c3ccsc3c2N1C)=C\c1sc2cc(OC)c3ccsc3c2[n+]1C. The number of hydrogen-bond donors (Lipinski definition) is 0. The normalized spacial score (nSPS) is 15.2. The average molecular weight is 538 g/mol. The first-order valence-corrected chi connectivity index (χ1v) is 14.7. The summed E-state index contributed by atoms with van der Waals surface area (Å²) < 4.78 is 17.5. The molecular formula is C27H25N2O2S4+. The summed E-state index contributed by atoms with van der Waals surface area (Å²) in [5, 5.41) is 9.13. The molecule has 0 N–H and O–H groups in total. The summed E-state index contributed by atoms with van der Waals surface area (Å²) >= 11 is 7.19. The van der Waals surface area contributed by atoms with Gasteiger partial charge in [0, 0.05) is 34.9 Å². The summed E-state index contributed by atoms with van der Waals surface area (Å²) in [6.45, 7) is 2.23. The number of aryl methyl sites for hydroxylation is 1. The quantitative estimate of drug-likeness (QED) is 0.212. The lowest BCUT2D eigenvalue weighted by Crippen LogP contribution is -2.29. The number of ether oxygens (including phenoxy) is 2. The summed E-state index contributed by atoms with van der Waals surface area (Å²) in [5.74, 6) is 1.89. The van der Waals surface area contributed by atoms with Gasteiger partial charge in [0.1, 0.15) is 27.9 Å². The summed E-state index contributed by atoms with van der Waals surface area (Å²) in [5.41, 5.74) is 3.86. The van der Waals surface area contributed by atoms with Crippen LogP contribution >= 0.6 is 45.8 Å². The van der Waals surface area contributed by atoms with Crippen molar-refractivity contribution in [1.29, 1.82) is 0 Å². The second-order valence-electron chi connectivity index (χ2n) is 8.39. The Morgan fingerprint density at radius 1 is 1.03 bits per heavy atom. The number of allylic oxidation sites excluding steroid dienone is 2. The molecule has 6 rings (SSSR count). The van der Waals surface area contributed by atoms with Crippen LogP contribution < -0.4 is 18.9 Å². The molecule has 0 fully saturated rings. The lowest BCUT2D eigenvalue weighted by atomic mass is 10.2. The van der Waals surface area contributed by atoms with Crippen molar-refractivity contribution in [3.05, 3.63) is 56.7 Å². The minimum Gasteiger partial charge on any atom is -0.496 e. The number of thioether (sulfide) groups is 1. The van der Waals surface area contributed by atoms with Gasteiger partial charge in [0.25, 0.3) is 5.01 Å². The molecule has 0 bridgehead atoms. The zero-order valence-corrected chi connectivity index (χ0v) is 23.4. The Morgan fingerprint density at radius 2 is 1.71 bits per heavy atom. The Hall–Kier alpha value is -2.52. The molecule has 0 saturated carbocycles. The van der Waals surface area contributed by atoms with Gasteiger partial charge in [0.05, 0.1) is 29.6 Å². The lowest BCUT2D eigenvalue weighted by molar-refractivity contribution is -0.641. The zero-order chi connectivity index (χ0) is 24.3. The maximum absolute atomic E-state index is 5.68. The van der Waals surface area contributed by atoms with Crippen molar-refractivity contribution in [3.8, 4) is 11.5 Å². The van der Waals surface area contributed by atoms with Gasteiger partial charge >= 0.3 is 0 Å². The van der Waals surface area contributed by atoms with Gasteiger partial charge < -0.3 is 14.4 Å². The molecule has 4 nitrogen and oxygen atoms in total. The van der Waals surface area contributed by atoms with Gasteiger partial charge in [-0.05, 0) is 47.0 Å². The van der Waals surface area contributed by atoms with Crippen LogP contribution in [0.5, 0.6) is 11.5 Å². The van der Waals surface area contributed by atoms with E-state index in [1.54, 1.807) is 36.9 Å². The third kappa shape index (κ3) is 3.57. The number of fused-ring (bicyclic) bond motifs is 6. The second-order valence-corrected chi connectivity index (χ2v) is 12.4. The number of nitrogens with zero attached hydrogens (tertiary/aromatic N) is 2. The van der Waals surface area contributed by atoms with E-state index < -0.39 is 0 Å². The van der Waals surface area contributed by atoms with E-state index in [1.807, 2.05) is 23.1 Å². The molecule has 178 valence electrons. The molecule has 5 aromatic rings. The van der Waals surface area contributed by atoms with Gasteiger partial charge in [-0.3, -0.25) is 0 Å². The first-order chi connectivity index (χ1) is 17.0. The van der Waals surface area contributed by atoms with E-state index in [0.717, 1.165) is 17.9 Å². The van der Waals surface area contributed by atoms with Gasteiger partial charge in [-0.2, -0.15) is 4.57 Å². The number of thiazole rings is 1. The van der Waals surface area contributed by atoms with Crippen LogP contribution in [0.2, 0.25) is 0 Å². The van der Waals surface area contributed by atoms with Gasteiger partial charge in [0.15, 0.2) is 0 Å². The predicted molar refractivity (Wildman–Crippen MR) is 154 cm³/mol. The summed E-state index contributed by atoms with van der Waals surface area (Å²) in [7, 11) is 7.84. The first-order valence-electron chi connectivity index (χ1n) is 11.3. The summed E-state index contributed by atoms with van der Waals surface area (Å²) in [4.78, 5) is 3.58. The van der Waals surface area contributed by atoms with Crippen molar-refractivity contribution in [2.24, 2.45) is 7.05 Å². The molecule has 0 aliphatic carbocycles. The van der Waals surface area contributed by atoms with Crippen LogP contribution in [0.3, 0.4) is 0 Å². The maximum Gasteiger partial charge on any atom is 0.262 e. The highest BCUT2D eigenvalue weighted by Crippen LogP contribution is 2.53. The molecule has 0 saturated heterocycles. The molecule has 8 heteroatoms. The fourth-order valence-electron chi connectivity index (χ4n) is 4.65. The summed E-state index contributed by atoms with van der Waals surface area (Å²) in [6, 6.07) is 8.65. The Bertz CT molecular complexity index is 1670. The third-order valence-corrected chi connectivity index (χ3v) is 10.6. The third-order valence-electron chi connectivity index (χ3n) is 6.51. The van der Waals surface area contributed by atoms with E-state index in [9.17, 15) is 0 Å². The zero-order valence-electron chi connectivity index (χ0n) is 20.2. The van der Waals surface area contributed by atoms with Crippen molar-refractivity contribution < 1.29 is 14.0 Å². The highest BCUT2D eigenvalue weighted by molar-refractivity contribution is 8.03. The standard InChI is InChI=1S/C27H25N2O2S4/c1-6-15(11-22-28(2)24-20(34-22)13-18(30-4)16-7-9-32-26(16)24)12-23-29(3)25-21(35-23)14-19(31-5)17-8-10-33-27(17)25/h7-14H,6H2,1-5H3/q+1. The lowest BCUT2D eigenvalue weighted by Gasteiger charge is -2.15. The number of benzene rings is 2. The van der Waals surface area contributed by atoms with Crippen LogP contribution in [-0.2, 0) is 7.05 Å². The smallest absolute Gasteiger partial charge is 0.262 e. The fraction of sp³-hybridized carbons (Fsp3) is 0.222. The van der Waals surface area contributed by atoms with E-state index in [4.69, 9.17) is 9.47 Å². The molecule has 1 aliphatic rings. The molecule has 0 unspecified atom stereocenters. The van der Waals surface area contributed by atoms with E-state index >= 15 is 0 Å². The number of methoxy groups -OCH3 is 2. The highest BCUT2D eigenvalue weighted by Gasteiger charge is 2.27. The van der Waals surface area contributed by atoms with Crippen molar-refractivity contribution in [3.63, 3.8) is 0 Å². The Labute approximate surface area is 220 Å². The second kappa shape index (κ2) is 8.85. The van der Waals surface area contributed by atoms with Gasteiger partial charge in [-0.25, -0.2) is 0 Å². The molecular weight excluding hydrogens is 513 g/mol. The molecule has 0 radical (unpaired) electrons. The Kier molecular flexibility index (Phi) is 5.79. The molecule has 3 aromatic heterocycles. The molecule has 2 aromatic carbocycles. The highest BCUT2D eigenvalue weighted by atomic mass is 32.2. The van der Waals surface area contributed by atoms with Gasteiger partial charge in [-0.1, -0.05) is 30.0 Å². The van der Waals surface area contributed by atoms with E-state index in [2.05, 4.69) is 77.7 Å². The van der Waals surface area contributed by atoms with Crippen molar-refractivity contribution in [2.45, 2.75) is 18.2 Å². The average Bonchev–Trinajstić information content (AvgIpc) is 3.64. The Balaban J connectivity index is 1.43. The molecule has 0 spiro atoms. The number of rotatable bonds is 5. The number of thiophene rings is 2. The minimum atomic E-state index is 0.945. The molecule has 0 atom stereocenters. The van der Waals surface area contributed by atoms with Crippen LogP contribution in [0.15, 0.2) is 56.6 Å². The van der Waals surface area contributed by atoms with E-state index in [0.29, 0.717) is 0 Å². The molecule has 4 heterocycles. The van der Waals surface area contributed by atoms with Crippen LogP contribution in [0.4, 0.5) is 5.69 Å². The van der Waals surface area contributed by atoms with Crippen molar-refractivity contribution >= 4 is 87.9 Å². The van der Waals surface area contributed by atoms with Crippen molar-refractivity contribution in [1.82, 2.24) is 0 Å². The predicted octanol–water partition coefficient (Wildman–Crippen LogP) is 8.05. The van der Waals surface area contributed by atoms with Crippen molar-refractivity contribution in [2.75, 3.05) is 26.2 Å². The molecule has 35 heavy (non-hydrogen) atoms.